The van der Waals surface area contributed by atoms with E-state index in [-0.39, 0.29) is 23.7 Å². The summed E-state index contributed by atoms with van der Waals surface area (Å²) in [7, 11) is 0. The number of nitrogens with zero attached hydrogens (tertiary/aromatic N) is 3. The first-order valence-corrected chi connectivity index (χ1v) is 9.64. The minimum Gasteiger partial charge on any atom is -0.492 e. The molecule has 1 saturated heterocycles. The summed E-state index contributed by atoms with van der Waals surface area (Å²) in [5, 5.41) is 15.1. The van der Waals surface area contributed by atoms with Gasteiger partial charge in [-0.3, -0.25) is 4.79 Å². The Morgan fingerprint density at radius 3 is 2.88 bits per heavy atom. The maximum atomic E-state index is 11.5. The fourth-order valence-electron chi connectivity index (χ4n) is 3.66. The van der Waals surface area contributed by atoms with Crippen molar-refractivity contribution in [3.63, 3.8) is 0 Å². The summed E-state index contributed by atoms with van der Waals surface area (Å²) in [5.41, 5.74) is 5.46. The molecule has 0 unspecified atom stereocenters. The van der Waals surface area contributed by atoms with E-state index in [1.54, 1.807) is 6.26 Å². The van der Waals surface area contributed by atoms with Crippen LogP contribution in [0.4, 0.5) is 0 Å². The Balaban J connectivity index is 1.70. The molecule has 4 heterocycles. The summed E-state index contributed by atoms with van der Waals surface area (Å²) in [6.45, 7) is 3.55. The molecule has 1 fully saturated rings. The lowest BCUT2D eigenvalue weighted by molar-refractivity contribution is -0.931. The van der Waals surface area contributed by atoms with Crippen molar-refractivity contribution in [3.8, 4) is 5.88 Å². The smallest absolute Gasteiger partial charge is 0.235 e. The zero-order chi connectivity index (χ0) is 18.3. The van der Waals surface area contributed by atoms with Gasteiger partial charge in [-0.25, -0.2) is 4.98 Å². The van der Waals surface area contributed by atoms with Crippen LogP contribution in [0.2, 0.25) is 0 Å². The number of nitrogens with two attached hydrogens (primary N) is 1. The first-order chi connectivity index (χ1) is 12.6. The van der Waals surface area contributed by atoms with Crippen LogP contribution in [0.15, 0.2) is 22.8 Å². The van der Waals surface area contributed by atoms with Gasteiger partial charge in [0.15, 0.2) is 17.6 Å². The normalized spacial score (nSPS) is 21.9. The highest BCUT2D eigenvalue weighted by Gasteiger charge is 2.38. The van der Waals surface area contributed by atoms with Gasteiger partial charge >= 0.3 is 0 Å². The van der Waals surface area contributed by atoms with Crippen molar-refractivity contribution in [3.05, 3.63) is 34.9 Å². The summed E-state index contributed by atoms with van der Waals surface area (Å²) in [4.78, 5) is 18.6. The largest absolute Gasteiger partial charge is 0.492 e. The van der Waals surface area contributed by atoms with E-state index >= 15 is 0 Å². The van der Waals surface area contributed by atoms with E-state index in [0.717, 1.165) is 43.0 Å². The molecule has 26 heavy (non-hydrogen) atoms. The fourth-order valence-corrected chi connectivity index (χ4v) is 4.80. The number of furan rings is 1. The molecule has 9 heteroatoms. The number of aromatic hydroxyl groups is 1. The van der Waals surface area contributed by atoms with Crippen molar-refractivity contribution in [1.29, 1.82) is 0 Å². The number of primary amides is 1. The number of fused-ring (bicyclic) bond motifs is 1. The van der Waals surface area contributed by atoms with Crippen LogP contribution >= 0.6 is 11.3 Å². The lowest BCUT2D eigenvalue weighted by atomic mass is 9.94. The van der Waals surface area contributed by atoms with Crippen LogP contribution in [-0.4, -0.2) is 38.7 Å². The second-order valence-corrected chi connectivity index (χ2v) is 7.66. The number of quaternary nitrogens is 1. The lowest BCUT2D eigenvalue weighted by Gasteiger charge is -2.32. The maximum Gasteiger partial charge on any atom is 0.235 e. The minimum absolute atomic E-state index is 0.0703. The lowest BCUT2D eigenvalue weighted by Crippen LogP contribution is -3.13. The van der Waals surface area contributed by atoms with Crippen molar-refractivity contribution >= 4 is 22.2 Å². The highest BCUT2D eigenvalue weighted by Crippen LogP contribution is 2.35. The van der Waals surface area contributed by atoms with Gasteiger partial charge in [0, 0.05) is 25.2 Å². The molecule has 0 radical (unpaired) electrons. The quantitative estimate of drug-likeness (QED) is 0.601. The molecule has 138 valence electrons. The van der Waals surface area contributed by atoms with Crippen LogP contribution in [0.3, 0.4) is 0 Å². The van der Waals surface area contributed by atoms with E-state index in [2.05, 4.69) is 10.1 Å². The Morgan fingerprint density at radius 2 is 2.31 bits per heavy atom. The molecular formula is C17H22N5O3S+. The average Bonchev–Trinajstić information content (AvgIpc) is 3.35. The van der Waals surface area contributed by atoms with E-state index in [1.165, 1.54) is 20.8 Å². The molecule has 1 amide bonds. The third kappa shape index (κ3) is 2.86. The Morgan fingerprint density at radius 1 is 1.54 bits per heavy atom. The third-order valence-corrected chi connectivity index (χ3v) is 6.17. The number of nitrogens with one attached hydrogen (secondary N) is 1. The Bertz CT molecular complexity index is 909. The summed E-state index contributed by atoms with van der Waals surface area (Å²) in [6, 6.07) is 3.61. The molecule has 3 aromatic heterocycles. The van der Waals surface area contributed by atoms with Gasteiger partial charge in [-0.1, -0.05) is 18.3 Å². The number of carbonyl (C=O) groups excluding carboxylic acids is 1. The number of aromatic nitrogens is 3. The molecular weight excluding hydrogens is 354 g/mol. The number of piperidine rings is 1. The molecule has 0 aromatic carbocycles. The van der Waals surface area contributed by atoms with E-state index in [0.29, 0.717) is 10.8 Å². The van der Waals surface area contributed by atoms with Gasteiger partial charge in [-0.15, -0.1) is 5.10 Å². The standard InChI is InChI=1S/C17H21N5O3S/c1-2-12-19-17-22(20-12)16(24)14(26-17)13(11-4-3-9-25-11)21-7-5-10(6-8-21)15(18)23/h3-4,9-10,13,24H,2,5-8H2,1H3,(H2,18,23)/p+1/t13-/m1/s1. The topological polar surface area (TPSA) is 111 Å². The maximum absolute atomic E-state index is 11.5. The Hall–Kier alpha value is -2.39. The molecule has 1 atom stereocenters. The Kier molecular flexibility index (Phi) is 4.41. The molecule has 0 saturated carbocycles. The van der Waals surface area contributed by atoms with Crippen molar-refractivity contribution in [1.82, 2.24) is 14.6 Å². The van der Waals surface area contributed by atoms with Gasteiger partial charge in [0.05, 0.1) is 19.4 Å². The summed E-state index contributed by atoms with van der Waals surface area (Å²) < 4.78 is 7.19. The van der Waals surface area contributed by atoms with E-state index in [9.17, 15) is 9.90 Å². The van der Waals surface area contributed by atoms with Crippen LogP contribution < -0.4 is 10.6 Å². The van der Waals surface area contributed by atoms with Gasteiger partial charge in [0.25, 0.3) is 0 Å². The van der Waals surface area contributed by atoms with Gasteiger partial charge in [0.1, 0.15) is 4.88 Å². The summed E-state index contributed by atoms with van der Waals surface area (Å²) in [6.07, 6.45) is 3.84. The fraction of sp³-hybridized carbons (Fsp3) is 0.471. The van der Waals surface area contributed by atoms with Crippen LogP contribution in [-0.2, 0) is 11.2 Å². The van der Waals surface area contributed by atoms with E-state index in [1.807, 2.05) is 19.1 Å². The van der Waals surface area contributed by atoms with Crippen LogP contribution in [0, 0.1) is 5.92 Å². The van der Waals surface area contributed by atoms with Crippen LogP contribution in [0.5, 0.6) is 5.88 Å². The van der Waals surface area contributed by atoms with Gasteiger partial charge in [-0.05, 0) is 12.1 Å². The molecule has 8 nitrogen and oxygen atoms in total. The number of amides is 1. The van der Waals surface area contributed by atoms with Gasteiger partial charge in [-0.2, -0.15) is 4.52 Å². The van der Waals surface area contributed by atoms with E-state index in [4.69, 9.17) is 10.2 Å². The number of hydrogen-bond acceptors (Lipinski definition) is 6. The highest BCUT2D eigenvalue weighted by atomic mass is 32.1. The van der Waals surface area contributed by atoms with E-state index < -0.39 is 0 Å². The monoisotopic (exact) mass is 376 g/mol. The number of hydrogen-bond donors (Lipinski definition) is 3. The predicted octanol–water partition coefficient (Wildman–Crippen LogP) is 0.521. The summed E-state index contributed by atoms with van der Waals surface area (Å²) >= 11 is 1.43. The minimum atomic E-state index is -0.229. The Labute approximate surface area is 154 Å². The number of likely N-dealkylation sites (tertiary alicyclic amines) is 1. The molecule has 3 aromatic rings. The SMILES string of the molecule is CCc1nc2sc([C@@H](c3ccco3)[NH+]3CCC(C(N)=O)CC3)c(O)n2n1. The third-order valence-electron chi connectivity index (χ3n) is 5.09. The molecule has 0 bridgehead atoms. The van der Waals surface area contributed by atoms with Crippen molar-refractivity contribution in [2.45, 2.75) is 32.2 Å². The average molecular weight is 376 g/mol. The molecule has 0 aliphatic carbocycles. The predicted molar refractivity (Wildman–Crippen MR) is 95.1 cm³/mol. The first-order valence-electron chi connectivity index (χ1n) is 8.83. The van der Waals surface area contributed by atoms with Gasteiger partial charge in [0.2, 0.25) is 16.7 Å². The zero-order valence-electron chi connectivity index (χ0n) is 14.5. The van der Waals surface area contributed by atoms with Crippen molar-refractivity contribution in [2.75, 3.05) is 13.1 Å². The first kappa shape index (κ1) is 17.0. The van der Waals surface area contributed by atoms with Crippen LogP contribution in [0.25, 0.3) is 4.96 Å². The number of thiazole rings is 1. The van der Waals surface area contributed by atoms with Crippen molar-refractivity contribution in [2.24, 2.45) is 11.7 Å². The summed E-state index contributed by atoms with van der Waals surface area (Å²) in [5.74, 6) is 1.31. The number of carbonyl (C=O) groups is 1. The van der Waals surface area contributed by atoms with Gasteiger partial charge < -0.3 is 20.2 Å². The zero-order valence-corrected chi connectivity index (χ0v) is 15.3. The highest BCUT2D eigenvalue weighted by molar-refractivity contribution is 7.17. The molecule has 1 aliphatic heterocycles. The van der Waals surface area contributed by atoms with Crippen molar-refractivity contribution < 1.29 is 19.2 Å². The number of aryl methyl sites for hydroxylation is 1. The second kappa shape index (κ2) is 6.73. The molecule has 0 spiro atoms. The second-order valence-electron chi connectivity index (χ2n) is 6.65. The number of rotatable bonds is 5. The van der Waals surface area contributed by atoms with Crippen LogP contribution in [0.1, 0.15) is 42.3 Å². The molecule has 4 rings (SSSR count). The molecule has 1 aliphatic rings. The molecule has 4 N–H and O–H groups in total.